The van der Waals surface area contributed by atoms with Crippen LogP contribution in [0.1, 0.15) is 69.9 Å². The van der Waals surface area contributed by atoms with Crippen LogP contribution in [0.4, 0.5) is 11.4 Å². The second-order valence-corrected chi connectivity index (χ2v) is 16.0. The molecule has 4 N–H and O–H groups in total. The second-order valence-electron chi connectivity index (χ2n) is 16.0. The van der Waals surface area contributed by atoms with Gasteiger partial charge in [-0.2, -0.15) is 9.13 Å². The number of amides is 2. The lowest BCUT2D eigenvalue weighted by atomic mass is 10.0. The molecule has 0 atom stereocenters. The Balaban J connectivity index is 0.00000661. The van der Waals surface area contributed by atoms with Crippen LogP contribution in [0, 0.1) is 0 Å². The van der Waals surface area contributed by atoms with E-state index in [1.807, 2.05) is 14.1 Å². The smallest absolute Gasteiger partial charge is 0.220 e. The lowest BCUT2D eigenvalue weighted by molar-refractivity contribution is -0.646. The molecule has 2 aromatic heterocycles. The number of anilines is 2. The standard InChI is InChI=1S/C48H62N8O2.CH4/c1-49-33-35-15-17-37-29-38-18-16-36(34-50-2)28-44(38)55(43(37)27-35)25-11-7-9-13-47(57)51-23-24-52-48(58)14-10-8-12-26-56-45-31-41(53(3)4)21-19-39(45)30-40-20-22-42(54(5)6)32-46(40)56;/h15-22,27-32,49-50H,7-14,23-26,33-34H2,1-6H3;1H4/p+2. The maximum Gasteiger partial charge on any atom is 0.220 e. The molecule has 6 rings (SSSR count). The van der Waals surface area contributed by atoms with Crippen LogP contribution in [-0.4, -0.2) is 67.2 Å². The van der Waals surface area contributed by atoms with E-state index in [9.17, 15) is 9.59 Å². The average Bonchev–Trinajstić information content (AvgIpc) is 3.21. The van der Waals surface area contributed by atoms with Crippen LogP contribution in [0.15, 0.2) is 84.9 Å². The number of rotatable bonds is 21. The first-order valence-corrected chi connectivity index (χ1v) is 21.1. The molecular formula is C49H68N8O2+2. The summed E-state index contributed by atoms with van der Waals surface area (Å²) in [5.74, 6) is 0.0816. The summed E-state index contributed by atoms with van der Waals surface area (Å²) in [5, 5.41) is 17.5. The van der Waals surface area contributed by atoms with Gasteiger partial charge in [0.2, 0.25) is 33.9 Å². The topological polar surface area (TPSA) is 96.5 Å². The van der Waals surface area contributed by atoms with Crippen molar-refractivity contribution in [2.45, 2.75) is 85.0 Å². The number of benzene rings is 4. The van der Waals surface area contributed by atoms with E-state index < -0.39 is 0 Å². The normalized spacial score (nSPS) is 11.3. The van der Waals surface area contributed by atoms with Gasteiger partial charge in [0, 0.05) is 137 Å². The number of pyridine rings is 2. The Hall–Kier alpha value is -5.32. The van der Waals surface area contributed by atoms with E-state index in [-0.39, 0.29) is 19.2 Å². The Kier molecular flexibility index (Phi) is 16.4. The number of unbranched alkanes of at least 4 members (excludes halogenated alkanes) is 4. The fourth-order valence-corrected chi connectivity index (χ4v) is 7.97. The Morgan fingerprint density at radius 2 is 0.864 bits per heavy atom. The van der Waals surface area contributed by atoms with Crippen molar-refractivity contribution in [3.63, 3.8) is 0 Å². The van der Waals surface area contributed by atoms with Crippen LogP contribution >= 0.6 is 0 Å². The lowest BCUT2D eigenvalue weighted by Crippen LogP contribution is -2.36. The highest BCUT2D eigenvalue weighted by Gasteiger charge is 2.19. The molecule has 4 aromatic carbocycles. The zero-order valence-electron chi connectivity index (χ0n) is 35.6. The largest absolute Gasteiger partial charge is 0.377 e. The molecule has 0 saturated carbocycles. The highest BCUT2D eigenvalue weighted by molar-refractivity contribution is 5.92. The third-order valence-electron chi connectivity index (χ3n) is 11.1. The minimum Gasteiger partial charge on any atom is -0.377 e. The van der Waals surface area contributed by atoms with Crippen molar-refractivity contribution >= 4 is 66.8 Å². The Morgan fingerprint density at radius 1 is 0.492 bits per heavy atom. The molecule has 2 heterocycles. The molecular weight excluding hydrogens is 733 g/mol. The van der Waals surface area contributed by atoms with E-state index >= 15 is 0 Å². The molecule has 10 nitrogen and oxygen atoms in total. The molecule has 0 radical (unpaired) electrons. The molecule has 10 heteroatoms. The Bertz CT molecular complexity index is 2230. The summed E-state index contributed by atoms with van der Waals surface area (Å²) in [6.07, 6.45) is 6.53. The predicted octanol–water partition coefficient (Wildman–Crippen LogP) is 7.13. The number of carbonyl (C=O) groups is 2. The van der Waals surface area contributed by atoms with E-state index in [2.05, 4.69) is 153 Å². The molecule has 0 bridgehead atoms. The summed E-state index contributed by atoms with van der Waals surface area (Å²) < 4.78 is 4.90. The van der Waals surface area contributed by atoms with Crippen LogP contribution in [-0.2, 0) is 35.8 Å². The third-order valence-corrected chi connectivity index (χ3v) is 11.1. The number of hydrogen-bond acceptors (Lipinski definition) is 6. The van der Waals surface area contributed by atoms with Crippen LogP contribution < -0.4 is 40.2 Å². The number of nitrogens with one attached hydrogen (secondary N) is 4. The number of aromatic nitrogens is 2. The van der Waals surface area contributed by atoms with Gasteiger partial charge in [-0.1, -0.05) is 19.6 Å². The van der Waals surface area contributed by atoms with E-state index in [1.165, 1.54) is 66.1 Å². The number of fused-ring (bicyclic) bond motifs is 4. The van der Waals surface area contributed by atoms with E-state index in [0.29, 0.717) is 25.9 Å². The minimum absolute atomic E-state index is 0. The van der Waals surface area contributed by atoms with Gasteiger partial charge in [-0.05, 0) is 99.4 Å². The zero-order chi connectivity index (χ0) is 41.0. The maximum atomic E-state index is 12.7. The summed E-state index contributed by atoms with van der Waals surface area (Å²) >= 11 is 0. The summed E-state index contributed by atoms with van der Waals surface area (Å²) in [6.45, 7) is 4.31. The summed E-state index contributed by atoms with van der Waals surface area (Å²) in [5.41, 5.74) is 9.82. The molecule has 0 unspecified atom stereocenters. The molecule has 0 aliphatic rings. The fraction of sp³-hybridized carbons (Fsp3) is 0.429. The van der Waals surface area contributed by atoms with Crippen LogP contribution in [0.25, 0.3) is 43.6 Å². The third kappa shape index (κ3) is 11.7. The van der Waals surface area contributed by atoms with Gasteiger partial charge in [0.1, 0.15) is 13.1 Å². The first kappa shape index (κ1) is 44.8. The van der Waals surface area contributed by atoms with Crippen LogP contribution in [0.2, 0.25) is 0 Å². The van der Waals surface area contributed by atoms with Gasteiger partial charge in [-0.3, -0.25) is 9.59 Å². The van der Waals surface area contributed by atoms with Crippen molar-refractivity contribution in [1.29, 1.82) is 0 Å². The quantitative estimate of drug-likeness (QED) is 0.0352. The Morgan fingerprint density at radius 3 is 1.24 bits per heavy atom. The maximum absolute atomic E-state index is 12.7. The van der Waals surface area contributed by atoms with Crippen molar-refractivity contribution < 1.29 is 18.7 Å². The van der Waals surface area contributed by atoms with E-state index in [1.54, 1.807) is 0 Å². The van der Waals surface area contributed by atoms with Crippen molar-refractivity contribution in [2.24, 2.45) is 0 Å². The van der Waals surface area contributed by atoms with Crippen molar-refractivity contribution in [3.8, 4) is 0 Å². The van der Waals surface area contributed by atoms with Gasteiger partial charge in [0.25, 0.3) is 0 Å². The number of carbonyl (C=O) groups excluding carboxylic acids is 2. The molecule has 314 valence electrons. The second kappa shape index (κ2) is 21.6. The van der Waals surface area contributed by atoms with Gasteiger partial charge in [-0.15, -0.1) is 0 Å². The average molecular weight is 801 g/mol. The van der Waals surface area contributed by atoms with Crippen molar-refractivity contribution in [3.05, 3.63) is 96.1 Å². The van der Waals surface area contributed by atoms with Gasteiger partial charge in [0.05, 0.1) is 0 Å². The summed E-state index contributed by atoms with van der Waals surface area (Å²) in [4.78, 5) is 29.6. The molecule has 2 amide bonds. The first-order valence-electron chi connectivity index (χ1n) is 21.1. The highest BCUT2D eigenvalue weighted by Crippen LogP contribution is 2.26. The van der Waals surface area contributed by atoms with Gasteiger partial charge < -0.3 is 31.1 Å². The minimum atomic E-state index is 0. The van der Waals surface area contributed by atoms with Crippen LogP contribution in [0.3, 0.4) is 0 Å². The predicted molar refractivity (Wildman–Crippen MR) is 247 cm³/mol. The van der Waals surface area contributed by atoms with Gasteiger partial charge in [-0.25, -0.2) is 0 Å². The van der Waals surface area contributed by atoms with E-state index in [4.69, 9.17) is 0 Å². The first-order chi connectivity index (χ1) is 28.1. The fourth-order valence-electron chi connectivity index (χ4n) is 7.97. The molecule has 59 heavy (non-hydrogen) atoms. The highest BCUT2D eigenvalue weighted by atomic mass is 16.2. The number of nitrogens with zero attached hydrogens (tertiary/aromatic N) is 4. The number of aryl methyl sites for hydroxylation is 2. The van der Waals surface area contributed by atoms with E-state index in [0.717, 1.165) is 64.7 Å². The van der Waals surface area contributed by atoms with Gasteiger partial charge >= 0.3 is 0 Å². The monoisotopic (exact) mass is 801 g/mol. The Labute approximate surface area is 352 Å². The molecule has 0 spiro atoms. The SMILES string of the molecule is C.CNCc1ccc2cc3ccc(CNC)cc3[n+](CCCCCC(=O)NCCNC(=O)CCCCC[n+]3c4cc(N(C)C)ccc4cc4ccc(N(C)C)cc43)c2c1. The summed E-state index contributed by atoms with van der Waals surface area (Å²) in [6, 6.07) is 31.4. The number of hydrogen-bond donors (Lipinski definition) is 4. The van der Waals surface area contributed by atoms with Crippen LogP contribution in [0.5, 0.6) is 0 Å². The van der Waals surface area contributed by atoms with Crippen molar-refractivity contribution in [1.82, 2.24) is 21.3 Å². The molecule has 0 fully saturated rings. The molecule has 6 aromatic rings. The van der Waals surface area contributed by atoms with Crippen molar-refractivity contribution in [2.75, 3.05) is 65.2 Å². The molecule has 0 aliphatic heterocycles. The molecule has 0 saturated heterocycles. The lowest BCUT2D eigenvalue weighted by Gasteiger charge is -2.15. The summed E-state index contributed by atoms with van der Waals surface area (Å²) in [7, 11) is 12.3. The zero-order valence-corrected chi connectivity index (χ0v) is 35.6. The molecule has 0 aliphatic carbocycles. The van der Waals surface area contributed by atoms with Gasteiger partial charge in [0.15, 0.2) is 0 Å².